The quantitative estimate of drug-likeness (QED) is 0.699. The van der Waals surface area contributed by atoms with Crippen LogP contribution < -0.4 is 0 Å². The third kappa shape index (κ3) is 3.84. The molecule has 23 heavy (non-hydrogen) atoms. The van der Waals surface area contributed by atoms with E-state index in [1.807, 2.05) is 54.8 Å². The first kappa shape index (κ1) is 15.4. The molecule has 6 heteroatoms. The Kier molecular flexibility index (Phi) is 4.83. The monoisotopic (exact) mass is 326 g/mol. The average Bonchev–Trinajstić information content (AvgIpc) is 3.25. The third-order valence-corrected chi connectivity index (χ3v) is 4.40. The predicted octanol–water partition coefficient (Wildman–Crippen LogP) is 3.05. The number of rotatable bonds is 6. The minimum absolute atomic E-state index is 0.0831. The molecule has 0 aliphatic rings. The molecule has 5 nitrogen and oxygen atoms in total. The number of amides is 1. The molecular weight excluding hydrogens is 308 g/mol. The van der Waals surface area contributed by atoms with Crippen LogP contribution in [0.2, 0.25) is 0 Å². The standard InChI is InChI=1S/C17H18N4OS/c1-2-20(12-15-9-6-10-23-15)17(22)16-13-21(19-18-16)11-14-7-4-3-5-8-14/h3-10,13H,2,11-12H2,1H3. The van der Waals surface area contributed by atoms with E-state index >= 15 is 0 Å². The van der Waals surface area contributed by atoms with Crippen LogP contribution in [0.3, 0.4) is 0 Å². The summed E-state index contributed by atoms with van der Waals surface area (Å²) >= 11 is 1.65. The lowest BCUT2D eigenvalue weighted by Gasteiger charge is -2.18. The fourth-order valence-electron chi connectivity index (χ4n) is 2.32. The Morgan fingerprint density at radius 2 is 2.04 bits per heavy atom. The molecule has 2 aromatic heterocycles. The van der Waals surface area contributed by atoms with Crippen LogP contribution in [-0.2, 0) is 13.1 Å². The molecule has 0 fully saturated rings. The van der Waals surface area contributed by atoms with Gasteiger partial charge in [0.05, 0.1) is 19.3 Å². The van der Waals surface area contributed by atoms with E-state index in [1.54, 1.807) is 27.1 Å². The predicted molar refractivity (Wildman–Crippen MR) is 90.3 cm³/mol. The molecular formula is C17H18N4OS. The van der Waals surface area contributed by atoms with E-state index in [-0.39, 0.29) is 5.91 Å². The fourth-order valence-corrected chi connectivity index (χ4v) is 3.04. The average molecular weight is 326 g/mol. The Labute approximate surface area is 139 Å². The Morgan fingerprint density at radius 3 is 2.74 bits per heavy atom. The number of nitrogens with zero attached hydrogens (tertiary/aromatic N) is 4. The van der Waals surface area contributed by atoms with Gasteiger partial charge >= 0.3 is 0 Å². The molecule has 0 aliphatic heterocycles. The van der Waals surface area contributed by atoms with E-state index in [0.717, 1.165) is 10.4 Å². The second-order valence-corrected chi connectivity index (χ2v) is 6.22. The number of aromatic nitrogens is 3. The van der Waals surface area contributed by atoms with E-state index < -0.39 is 0 Å². The molecule has 0 atom stereocenters. The van der Waals surface area contributed by atoms with E-state index in [4.69, 9.17) is 0 Å². The van der Waals surface area contributed by atoms with Crippen molar-refractivity contribution >= 4 is 17.2 Å². The van der Waals surface area contributed by atoms with Crippen molar-refractivity contribution in [2.45, 2.75) is 20.0 Å². The lowest BCUT2D eigenvalue weighted by atomic mass is 10.2. The van der Waals surface area contributed by atoms with Gasteiger partial charge in [-0.3, -0.25) is 4.79 Å². The van der Waals surface area contributed by atoms with Crippen LogP contribution in [0, 0.1) is 0 Å². The molecule has 0 unspecified atom stereocenters. The molecule has 1 amide bonds. The van der Waals surface area contributed by atoms with E-state index in [1.165, 1.54) is 0 Å². The molecule has 1 aromatic carbocycles. The minimum atomic E-state index is -0.0831. The van der Waals surface area contributed by atoms with Crippen LogP contribution in [0.15, 0.2) is 54.0 Å². The van der Waals surface area contributed by atoms with Crippen LogP contribution in [0.4, 0.5) is 0 Å². The zero-order chi connectivity index (χ0) is 16.1. The lowest BCUT2D eigenvalue weighted by Crippen LogP contribution is -2.30. The maximum absolute atomic E-state index is 12.6. The highest BCUT2D eigenvalue weighted by Gasteiger charge is 2.18. The smallest absolute Gasteiger partial charge is 0.276 e. The second kappa shape index (κ2) is 7.19. The molecule has 0 aliphatic carbocycles. The first-order valence-electron chi connectivity index (χ1n) is 7.52. The zero-order valence-corrected chi connectivity index (χ0v) is 13.7. The molecule has 0 bridgehead atoms. The van der Waals surface area contributed by atoms with Crippen LogP contribution in [-0.4, -0.2) is 32.3 Å². The van der Waals surface area contributed by atoms with Gasteiger partial charge in [0.2, 0.25) is 0 Å². The normalized spacial score (nSPS) is 10.7. The van der Waals surface area contributed by atoms with Crippen molar-refractivity contribution in [1.29, 1.82) is 0 Å². The summed E-state index contributed by atoms with van der Waals surface area (Å²) in [6.07, 6.45) is 1.71. The number of carbonyl (C=O) groups is 1. The van der Waals surface area contributed by atoms with Crippen LogP contribution in [0.25, 0.3) is 0 Å². The maximum Gasteiger partial charge on any atom is 0.276 e. The molecule has 118 valence electrons. The van der Waals surface area contributed by atoms with Crippen molar-refractivity contribution in [3.8, 4) is 0 Å². The first-order valence-corrected chi connectivity index (χ1v) is 8.40. The summed E-state index contributed by atoms with van der Waals surface area (Å²) in [5.41, 5.74) is 1.52. The minimum Gasteiger partial charge on any atom is -0.332 e. The fraction of sp³-hybridized carbons (Fsp3) is 0.235. The van der Waals surface area contributed by atoms with Gasteiger partial charge in [0, 0.05) is 11.4 Å². The summed E-state index contributed by atoms with van der Waals surface area (Å²) in [6.45, 7) is 3.83. The largest absolute Gasteiger partial charge is 0.332 e. The summed E-state index contributed by atoms with van der Waals surface area (Å²) in [7, 11) is 0. The summed E-state index contributed by atoms with van der Waals surface area (Å²) in [5.74, 6) is -0.0831. The number of hydrogen-bond donors (Lipinski definition) is 0. The van der Waals surface area contributed by atoms with Gasteiger partial charge in [-0.25, -0.2) is 4.68 Å². The third-order valence-electron chi connectivity index (χ3n) is 3.54. The van der Waals surface area contributed by atoms with Gasteiger partial charge in [-0.1, -0.05) is 41.6 Å². The molecule has 0 saturated heterocycles. The SMILES string of the molecule is CCN(Cc1cccs1)C(=O)c1cn(Cc2ccccc2)nn1. The second-order valence-electron chi connectivity index (χ2n) is 5.19. The van der Waals surface area contributed by atoms with Gasteiger partial charge in [0.15, 0.2) is 5.69 Å². The number of benzene rings is 1. The van der Waals surface area contributed by atoms with E-state index in [9.17, 15) is 4.79 Å². The maximum atomic E-state index is 12.6. The van der Waals surface area contributed by atoms with Gasteiger partial charge in [0.25, 0.3) is 5.91 Å². The molecule has 3 aromatic rings. The van der Waals surface area contributed by atoms with Crippen LogP contribution in [0.1, 0.15) is 27.9 Å². The molecule has 3 rings (SSSR count). The van der Waals surface area contributed by atoms with E-state index in [2.05, 4.69) is 10.3 Å². The first-order chi connectivity index (χ1) is 11.3. The number of hydrogen-bond acceptors (Lipinski definition) is 4. The molecule has 0 spiro atoms. The molecule has 0 radical (unpaired) electrons. The van der Waals surface area contributed by atoms with Crippen molar-refractivity contribution in [2.24, 2.45) is 0 Å². The van der Waals surface area contributed by atoms with Crippen molar-refractivity contribution in [3.05, 3.63) is 70.2 Å². The Balaban J connectivity index is 1.69. The highest BCUT2D eigenvalue weighted by atomic mass is 32.1. The van der Waals surface area contributed by atoms with Crippen molar-refractivity contribution in [1.82, 2.24) is 19.9 Å². The van der Waals surface area contributed by atoms with Gasteiger partial charge < -0.3 is 4.90 Å². The van der Waals surface area contributed by atoms with Crippen molar-refractivity contribution in [3.63, 3.8) is 0 Å². The van der Waals surface area contributed by atoms with Crippen LogP contribution in [0.5, 0.6) is 0 Å². The Morgan fingerprint density at radius 1 is 1.22 bits per heavy atom. The zero-order valence-electron chi connectivity index (χ0n) is 12.9. The highest BCUT2D eigenvalue weighted by Crippen LogP contribution is 2.13. The van der Waals surface area contributed by atoms with E-state index in [0.29, 0.717) is 25.3 Å². The molecule has 0 saturated carbocycles. The summed E-state index contributed by atoms with van der Waals surface area (Å²) < 4.78 is 1.70. The molecule has 0 N–H and O–H groups in total. The highest BCUT2D eigenvalue weighted by molar-refractivity contribution is 7.09. The van der Waals surface area contributed by atoms with Gasteiger partial charge in [-0.2, -0.15) is 0 Å². The molecule has 2 heterocycles. The van der Waals surface area contributed by atoms with Crippen molar-refractivity contribution in [2.75, 3.05) is 6.54 Å². The summed E-state index contributed by atoms with van der Waals surface area (Å²) in [6, 6.07) is 14.0. The summed E-state index contributed by atoms with van der Waals surface area (Å²) in [4.78, 5) is 15.5. The van der Waals surface area contributed by atoms with Gasteiger partial charge in [-0.05, 0) is 23.9 Å². The Bertz CT molecular complexity index is 752. The van der Waals surface area contributed by atoms with Crippen molar-refractivity contribution < 1.29 is 4.79 Å². The van der Waals surface area contributed by atoms with Gasteiger partial charge in [0.1, 0.15) is 0 Å². The number of thiophene rings is 1. The van der Waals surface area contributed by atoms with Gasteiger partial charge in [-0.15, -0.1) is 16.4 Å². The Hall–Kier alpha value is -2.47. The number of carbonyl (C=O) groups excluding carboxylic acids is 1. The summed E-state index contributed by atoms with van der Waals surface area (Å²) in [5, 5.41) is 10.1. The lowest BCUT2D eigenvalue weighted by molar-refractivity contribution is 0.0748. The van der Waals surface area contributed by atoms with Crippen LogP contribution >= 0.6 is 11.3 Å². The topological polar surface area (TPSA) is 51.0 Å².